The van der Waals surface area contributed by atoms with Gasteiger partial charge in [0.25, 0.3) is 0 Å². The Morgan fingerprint density at radius 3 is 2.25 bits per heavy atom. The van der Waals surface area contributed by atoms with E-state index < -0.39 is 17.5 Å². The van der Waals surface area contributed by atoms with Gasteiger partial charge in [-0.2, -0.15) is 0 Å². The molecular weight excluding hydrogens is 265 g/mol. The highest BCUT2D eigenvalue weighted by Gasteiger charge is 2.28. The number of nitrogens with one attached hydrogen (secondary N) is 1. The summed E-state index contributed by atoms with van der Waals surface area (Å²) >= 11 is 0. The van der Waals surface area contributed by atoms with E-state index in [0.717, 1.165) is 23.3 Å². The van der Waals surface area contributed by atoms with Crippen LogP contribution >= 0.6 is 0 Å². The van der Waals surface area contributed by atoms with E-state index >= 15 is 0 Å². The molecule has 1 aliphatic carbocycles. The third kappa shape index (κ3) is 2.14. The van der Waals surface area contributed by atoms with Crippen LogP contribution in [0.3, 0.4) is 0 Å². The van der Waals surface area contributed by atoms with Crippen molar-refractivity contribution in [2.45, 2.75) is 18.5 Å². The third-order valence-electron chi connectivity index (χ3n) is 3.59. The van der Waals surface area contributed by atoms with Crippen LogP contribution < -0.4 is 11.1 Å². The number of benzene rings is 2. The third-order valence-corrected chi connectivity index (χ3v) is 3.59. The van der Waals surface area contributed by atoms with Gasteiger partial charge in [0.15, 0.2) is 17.5 Å². The maximum Gasteiger partial charge on any atom is 0.194 e. The molecule has 0 heterocycles. The van der Waals surface area contributed by atoms with Crippen LogP contribution in [0.1, 0.15) is 29.6 Å². The molecule has 0 saturated carbocycles. The number of halogens is 3. The van der Waals surface area contributed by atoms with E-state index in [1.807, 2.05) is 24.3 Å². The molecule has 2 aromatic rings. The van der Waals surface area contributed by atoms with Crippen LogP contribution in [0.15, 0.2) is 36.4 Å². The van der Waals surface area contributed by atoms with Gasteiger partial charge in [0.1, 0.15) is 0 Å². The molecule has 0 radical (unpaired) electrons. The molecule has 20 heavy (non-hydrogen) atoms. The van der Waals surface area contributed by atoms with Crippen LogP contribution in [-0.2, 0) is 0 Å². The van der Waals surface area contributed by atoms with E-state index in [1.165, 1.54) is 0 Å². The molecule has 3 rings (SSSR count). The summed E-state index contributed by atoms with van der Waals surface area (Å²) in [4.78, 5) is 0. The molecule has 0 bridgehead atoms. The number of nitrogens with two attached hydrogens (primary N) is 1. The first-order chi connectivity index (χ1) is 9.56. The first-order valence-electron chi connectivity index (χ1n) is 6.31. The lowest BCUT2D eigenvalue weighted by molar-refractivity contribution is 0.447. The first kappa shape index (κ1) is 13.0. The van der Waals surface area contributed by atoms with E-state index in [9.17, 15) is 13.2 Å². The van der Waals surface area contributed by atoms with Gasteiger partial charge in [-0.3, -0.25) is 0 Å². The molecule has 5 heteroatoms. The van der Waals surface area contributed by atoms with Crippen LogP contribution in [-0.4, -0.2) is 0 Å². The predicted octanol–water partition coefficient (Wildman–Crippen LogP) is 3.66. The summed E-state index contributed by atoms with van der Waals surface area (Å²) in [5.41, 5.74) is 8.26. The van der Waals surface area contributed by atoms with Crippen molar-refractivity contribution in [2.75, 3.05) is 5.32 Å². The van der Waals surface area contributed by atoms with E-state index in [-0.39, 0.29) is 17.8 Å². The zero-order valence-electron chi connectivity index (χ0n) is 10.5. The fraction of sp³-hybridized carbons (Fsp3) is 0.200. The van der Waals surface area contributed by atoms with Crippen LogP contribution in [0.5, 0.6) is 0 Å². The Labute approximate surface area is 114 Å². The van der Waals surface area contributed by atoms with Crippen molar-refractivity contribution in [3.63, 3.8) is 0 Å². The maximum atomic E-state index is 13.2. The topological polar surface area (TPSA) is 38.0 Å². The molecule has 0 spiro atoms. The quantitative estimate of drug-likeness (QED) is 0.823. The normalized spacial score (nSPS) is 20.8. The molecule has 2 atom stereocenters. The average molecular weight is 278 g/mol. The fourth-order valence-corrected chi connectivity index (χ4v) is 2.65. The molecule has 0 fully saturated rings. The van der Waals surface area contributed by atoms with Gasteiger partial charge in [-0.05, 0) is 17.5 Å². The van der Waals surface area contributed by atoms with E-state index in [1.54, 1.807) is 0 Å². The van der Waals surface area contributed by atoms with Crippen molar-refractivity contribution in [2.24, 2.45) is 5.73 Å². The number of hydrogen-bond acceptors (Lipinski definition) is 2. The Morgan fingerprint density at radius 1 is 1.00 bits per heavy atom. The van der Waals surface area contributed by atoms with Crippen molar-refractivity contribution < 1.29 is 13.2 Å². The molecular formula is C15H13F3N2. The standard InChI is InChI=1S/C15H13F3N2/c16-11-5-8(6-12(17)15(11)18)20-14-7-13(19)9-3-1-2-4-10(9)14/h1-6,13-14,20H,7,19H2. The van der Waals surface area contributed by atoms with Crippen LogP contribution in [0.25, 0.3) is 0 Å². The van der Waals surface area contributed by atoms with Crippen LogP contribution in [0, 0.1) is 17.5 Å². The Morgan fingerprint density at radius 2 is 1.60 bits per heavy atom. The summed E-state index contributed by atoms with van der Waals surface area (Å²) in [7, 11) is 0. The monoisotopic (exact) mass is 278 g/mol. The van der Waals surface area contributed by atoms with Gasteiger partial charge >= 0.3 is 0 Å². The smallest absolute Gasteiger partial charge is 0.194 e. The minimum atomic E-state index is -1.46. The summed E-state index contributed by atoms with van der Waals surface area (Å²) in [6, 6.07) is 9.30. The van der Waals surface area contributed by atoms with Crippen molar-refractivity contribution in [1.82, 2.24) is 0 Å². The van der Waals surface area contributed by atoms with E-state index in [2.05, 4.69) is 5.32 Å². The lowest BCUT2D eigenvalue weighted by Crippen LogP contribution is -2.10. The Balaban J connectivity index is 1.90. The molecule has 0 aliphatic heterocycles. The lowest BCUT2D eigenvalue weighted by atomic mass is 10.1. The van der Waals surface area contributed by atoms with Gasteiger partial charge in [0, 0.05) is 23.9 Å². The summed E-state index contributed by atoms with van der Waals surface area (Å²) in [6.07, 6.45) is 0.625. The van der Waals surface area contributed by atoms with Crippen LogP contribution in [0.2, 0.25) is 0 Å². The van der Waals surface area contributed by atoms with Gasteiger partial charge in [0.2, 0.25) is 0 Å². The highest BCUT2D eigenvalue weighted by Crippen LogP contribution is 2.39. The molecule has 2 nitrogen and oxygen atoms in total. The predicted molar refractivity (Wildman–Crippen MR) is 70.7 cm³/mol. The number of fused-ring (bicyclic) bond motifs is 1. The van der Waals surface area contributed by atoms with Gasteiger partial charge in [0.05, 0.1) is 6.04 Å². The van der Waals surface area contributed by atoms with E-state index in [4.69, 9.17) is 5.73 Å². The number of rotatable bonds is 2. The number of hydrogen-bond donors (Lipinski definition) is 2. The molecule has 3 N–H and O–H groups in total. The van der Waals surface area contributed by atoms with Gasteiger partial charge in [-0.1, -0.05) is 24.3 Å². The lowest BCUT2D eigenvalue weighted by Gasteiger charge is -2.16. The zero-order valence-corrected chi connectivity index (χ0v) is 10.5. The van der Waals surface area contributed by atoms with Gasteiger partial charge in [-0.25, -0.2) is 13.2 Å². The molecule has 0 amide bonds. The largest absolute Gasteiger partial charge is 0.378 e. The van der Waals surface area contributed by atoms with Gasteiger partial charge in [-0.15, -0.1) is 0 Å². The second-order valence-corrected chi connectivity index (χ2v) is 4.92. The molecule has 2 unspecified atom stereocenters. The summed E-state index contributed by atoms with van der Waals surface area (Å²) < 4.78 is 39.3. The zero-order chi connectivity index (χ0) is 14.3. The minimum Gasteiger partial charge on any atom is -0.378 e. The van der Waals surface area contributed by atoms with E-state index in [0.29, 0.717) is 6.42 Å². The highest BCUT2D eigenvalue weighted by molar-refractivity contribution is 5.49. The molecule has 104 valence electrons. The maximum absolute atomic E-state index is 13.2. The SMILES string of the molecule is NC1CC(Nc2cc(F)c(F)c(F)c2)c2ccccc21. The average Bonchev–Trinajstić information content (AvgIpc) is 2.73. The second-order valence-electron chi connectivity index (χ2n) is 4.92. The molecule has 1 aliphatic rings. The minimum absolute atomic E-state index is 0.112. The Bertz CT molecular complexity index is 634. The fourth-order valence-electron chi connectivity index (χ4n) is 2.65. The molecule has 2 aromatic carbocycles. The highest BCUT2D eigenvalue weighted by atomic mass is 19.2. The molecule has 0 aromatic heterocycles. The second kappa shape index (κ2) is 4.83. The van der Waals surface area contributed by atoms with Crippen molar-refractivity contribution in [3.05, 3.63) is 65.0 Å². The Hall–Kier alpha value is -2.01. The number of anilines is 1. The van der Waals surface area contributed by atoms with Gasteiger partial charge < -0.3 is 11.1 Å². The van der Waals surface area contributed by atoms with Crippen molar-refractivity contribution in [3.8, 4) is 0 Å². The van der Waals surface area contributed by atoms with Crippen LogP contribution in [0.4, 0.5) is 18.9 Å². The summed E-state index contributed by atoms with van der Waals surface area (Å²) in [6.45, 7) is 0. The summed E-state index contributed by atoms with van der Waals surface area (Å²) in [5, 5.41) is 3.01. The molecule has 0 saturated heterocycles. The Kier molecular flexibility index (Phi) is 3.14. The first-order valence-corrected chi connectivity index (χ1v) is 6.31. The van der Waals surface area contributed by atoms with Crippen molar-refractivity contribution in [1.29, 1.82) is 0 Å². The summed E-state index contributed by atoms with van der Waals surface area (Å²) in [5.74, 6) is -3.87. The van der Waals surface area contributed by atoms with Crippen molar-refractivity contribution >= 4 is 5.69 Å².